The quantitative estimate of drug-likeness (QED) is 0.778. The van der Waals surface area contributed by atoms with E-state index in [9.17, 15) is 4.79 Å². The van der Waals surface area contributed by atoms with Gasteiger partial charge in [0.2, 0.25) is 5.91 Å². The van der Waals surface area contributed by atoms with E-state index in [0.717, 1.165) is 5.82 Å². The topological polar surface area (TPSA) is 68.8 Å². The second-order valence-electron chi connectivity index (χ2n) is 4.83. The van der Waals surface area contributed by atoms with Gasteiger partial charge in [0, 0.05) is 26.0 Å². The Morgan fingerprint density at radius 1 is 1.50 bits per heavy atom. The lowest BCUT2D eigenvalue weighted by Crippen LogP contribution is -2.36. The van der Waals surface area contributed by atoms with Gasteiger partial charge in [-0.2, -0.15) is 5.10 Å². The van der Waals surface area contributed by atoms with Gasteiger partial charge < -0.3 is 9.47 Å². The second-order valence-corrected chi connectivity index (χ2v) is 4.83. The molecule has 0 saturated heterocycles. The number of carbonyl (C=O) groups is 1. The molecule has 1 atom stereocenters. The van der Waals surface area contributed by atoms with Crippen LogP contribution in [0.15, 0.2) is 25.0 Å². The van der Waals surface area contributed by atoms with Crippen LogP contribution >= 0.6 is 0 Å². The summed E-state index contributed by atoms with van der Waals surface area (Å²) >= 11 is 0. The van der Waals surface area contributed by atoms with Gasteiger partial charge >= 0.3 is 0 Å². The number of aryl methyl sites for hydroxylation is 1. The van der Waals surface area contributed by atoms with Crippen molar-refractivity contribution in [3.05, 3.63) is 30.9 Å². The van der Waals surface area contributed by atoms with E-state index >= 15 is 0 Å². The van der Waals surface area contributed by atoms with E-state index in [2.05, 4.69) is 15.1 Å². The average molecular weight is 276 g/mol. The summed E-state index contributed by atoms with van der Waals surface area (Å²) in [6.07, 6.45) is 6.72. The Hall–Kier alpha value is -2.18. The Balaban J connectivity index is 1.99. The van der Waals surface area contributed by atoms with Crippen LogP contribution in [0.1, 0.15) is 19.7 Å². The van der Waals surface area contributed by atoms with Crippen LogP contribution < -0.4 is 0 Å². The molecule has 0 aliphatic carbocycles. The summed E-state index contributed by atoms with van der Waals surface area (Å²) in [7, 11) is 1.93. The van der Waals surface area contributed by atoms with Crippen molar-refractivity contribution in [2.45, 2.75) is 26.9 Å². The van der Waals surface area contributed by atoms with Crippen molar-refractivity contribution >= 4 is 5.91 Å². The van der Waals surface area contributed by atoms with E-state index < -0.39 is 0 Å². The number of imidazole rings is 1. The zero-order valence-electron chi connectivity index (χ0n) is 12.1. The molecule has 7 heteroatoms. The van der Waals surface area contributed by atoms with Crippen LogP contribution in [-0.4, -0.2) is 41.7 Å². The first-order valence-electron chi connectivity index (χ1n) is 6.69. The molecule has 2 rings (SSSR count). The predicted octanol–water partition coefficient (Wildman–Crippen LogP) is 0.696. The van der Waals surface area contributed by atoms with Crippen LogP contribution in [0, 0.1) is 5.92 Å². The highest BCUT2D eigenvalue weighted by atomic mass is 16.2. The first-order valence-corrected chi connectivity index (χ1v) is 6.69. The number of aromatic nitrogens is 5. The van der Waals surface area contributed by atoms with Gasteiger partial charge in [0.1, 0.15) is 18.5 Å². The summed E-state index contributed by atoms with van der Waals surface area (Å²) in [5.74, 6) is 0.844. The van der Waals surface area contributed by atoms with E-state index in [1.54, 1.807) is 17.2 Å². The lowest BCUT2D eigenvalue weighted by molar-refractivity contribution is -0.136. The smallest absolute Gasteiger partial charge is 0.227 e. The molecule has 0 bridgehead atoms. The highest BCUT2D eigenvalue weighted by Crippen LogP contribution is 2.09. The molecule has 0 fully saturated rings. The maximum Gasteiger partial charge on any atom is 0.227 e. The van der Waals surface area contributed by atoms with Crippen LogP contribution in [0.25, 0.3) is 0 Å². The SMILES string of the molecule is CCN(Cc1nccn1C)C(=O)[C@H](C)Cn1cncn1. The van der Waals surface area contributed by atoms with Gasteiger partial charge in [-0.3, -0.25) is 9.48 Å². The molecule has 108 valence electrons. The van der Waals surface area contributed by atoms with Gasteiger partial charge in [-0.1, -0.05) is 6.92 Å². The van der Waals surface area contributed by atoms with Gasteiger partial charge in [-0.05, 0) is 6.92 Å². The fourth-order valence-electron chi connectivity index (χ4n) is 2.06. The molecule has 0 spiro atoms. The maximum absolute atomic E-state index is 12.5. The van der Waals surface area contributed by atoms with Crippen LogP contribution in [0.3, 0.4) is 0 Å². The molecule has 0 N–H and O–H groups in total. The van der Waals surface area contributed by atoms with Crippen molar-refractivity contribution in [1.29, 1.82) is 0 Å². The Kier molecular flexibility index (Phi) is 4.49. The van der Waals surface area contributed by atoms with Crippen molar-refractivity contribution in [1.82, 2.24) is 29.2 Å². The number of amides is 1. The largest absolute Gasteiger partial charge is 0.337 e. The average Bonchev–Trinajstić information content (AvgIpc) is 3.07. The number of carbonyl (C=O) groups excluding carboxylic acids is 1. The minimum atomic E-state index is -0.142. The monoisotopic (exact) mass is 276 g/mol. The molecule has 2 aromatic rings. The molecule has 0 saturated carbocycles. The lowest BCUT2D eigenvalue weighted by Gasteiger charge is -2.24. The van der Waals surface area contributed by atoms with Crippen molar-refractivity contribution in [2.75, 3.05) is 6.54 Å². The van der Waals surface area contributed by atoms with E-state index in [1.807, 2.05) is 36.6 Å². The summed E-state index contributed by atoms with van der Waals surface area (Å²) in [5.41, 5.74) is 0. The van der Waals surface area contributed by atoms with E-state index in [0.29, 0.717) is 19.6 Å². The van der Waals surface area contributed by atoms with Crippen molar-refractivity contribution in [2.24, 2.45) is 13.0 Å². The molecule has 0 aliphatic rings. The van der Waals surface area contributed by atoms with Gasteiger partial charge in [0.15, 0.2) is 0 Å². The number of rotatable bonds is 6. The van der Waals surface area contributed by atoms with Crippen molar-refractivity contribution in [3.8, 4) is 0 Å². The predicted molar refractivity (Wildman–Crippen MR) is 73.5 cm³/mol. The van der Waals surface area contributed by atoms with Crippen LogP contribution in [0.2, 0.25) is 0 Å². The molecular formula is C13H20N6O. The third-order valence-electron chi connectivity index (χ3n) is 3.30. The molecule has 0 unspecified atom stereocenters. The van der Waals surface area contributed by atoms with Crippen molar-refractivity contribution < 1.29 is 4.79 Å². The molecule has 0 aliphatic heterocycles. The minimum Gasteiger partial charge on any atom is -0.337 e. The van der Waals surface area contributed by atoms with E-state index in [1.165, 1.54) is 6.33 Å². The van der Waals surface area contributed by atoms with Crippen LogP contribution in [-0.2, 0) is 24.9 Å². The number of nitrogens with zero attached hydrogens (tertiary/aromatic N) is 6. The van der Waals surface area contributed by atoms with Crippen LogP contribution in [0.5, 0.6) is 0 Å². The molecule has 1 amide bonds. The third-order valence-corrected chi connectivity index (χ3v) is 3.30. The Morgan fingerprint density at radius 2 is 2.30 bits per heavy atom. The fraction of sp³-hybridized carbons (Fsp3) is 0.538. The van der Waals surface area contributed by atoms with Gasteiger partial charge in [0.05, 0.1) is 19.0 Å². The molecular weight excluding hydrogens is 256 g/mol. The highest BCUT2D eigenvalue weighted by Gasteiger charge is 2.21. The Labute approximate surface area is 118 Å². The molecule has 20 heavy (non-hydrogen) atoms. The van der Waals surface area contributed by atoms with Crippen LogP contribution in [0.4, 0.5) is 0 Å². The molecule has 0 radical (unpaired) electrons. The molecule has 2 heterocycles. The number of hydrogen-bond acceptors (Lipinski definition) is 4. The van der Waals surface area contributed by atoms with Gasteiger partial charge in [0.25, 0.3) is 0 Å². The van der Waals surface area contributed by atoms with E-state index in [-0.39, 0.29) is 11.8 Å². The summed E-state index contributed by atoms with van der Waals surface area (Å²) in [6, 6.07) is 0. The third kappa shape index (κ3) is 3.23. The molecule has 2 aromatic heterocycles. The fourth-order valence-corrected chi connectivity index (χ4v) is 2.06. The standard InChI is InChI=1S/C13H20N6O/c1-4-18(8-12-15-5-6-17(12)3)13(20)11(2)7-19-10-14-9-16-19/h5-6,9-11H,4,7-8H2,1-3H3/t11-/m1/s1. The lowest BCUT2D eigenvalue weighted by atomic mass is 10.1. The first-order chi connectivity index (χ1) is 9.61. The minimum absolute atomic E-state index is 0.103. The summed E-state index contributed by atoms with van der Waals surface area (Å²) < 4.78 is 3.61. The summed E-state index contributed by atoms with van der Waals surface area (Å²) in [4.78, 5) is 22.4. The zero-order valence-corrected chi connectivity index (χ0v) is 12.1. The second kappa shape index (κ2) is 6.31. The molecule has 7 nitrogen and oxygen atoms in total. The van der Waals surface area contributed by atoms with E-state index in [4.69, 9.17) is 0 Å². The maximum atomic E-state index is 12.5. The van der Waals surface area contributed by atoms with Gasteiger partial charge in [-0.15, -0.1) is 0 Å². The Bertz CT molecular complexity index is 547. The van der Waals surface area contributed by atoms with Gasteiger partial charge in [-0.25, -0.2) is 9.97 Å². The summed E-state index contributed by atoms with van der Waals surface area (Å²) in [6.45, 7) is 5.61. The van der Waals surface area contributed by atoms with Crippen molar-refractivity contribution in [3.63, 3.8) is 0 Å². The zero-order chi connectivity index (χ0) is 14.5. The number of hydrogen-bond donors (Lipinski definition) is 0. The Morgan fingerprint density at radius 3 is 2.85 bits per heavy atom. The first kappa shape index (κ1) is 14.2. The molecule has 0 aromatic carbocycles. The highest BCUT2D eigenvalue weighted by molar-refractivity contribution is 5.78. The summed E-state index contributed by atoms with van der Waals surface area (Å²) in [5, 5.41) is 4.03. The normalized spacial score (nSPS) is 12.3.